The van der Waals surface area contributed by atoms with Gasteiger partial charge in [-0.3, -0.25) is 13.8 Å². The van der Waals surface area contributed by atoms with Crippen LogP contribution in [0.15, 0.2) is 72.9 Å². The number of rotatable bonds is 36. The molecule has 3 unspecified atom stereocenters. The van der Waals surface area contributed by atoms with Gasteiger partial charge in [-0.15, -0.1) is 0 Å². The highest BCUT2D eigenvalue weighted by Crippen LogP contribution is 2.43. The largest absolute Gasteiger partial charge is 0.472 e. The molecule has 0 fully saturated rings. The van der Waals surface area contributed by atoms with Gasteiger partial charge in [0.25, 0.3) is 0 Å². The third-order valence-electron chi connectivity index (χ3n) is 8.68. The van der Waals surface area contributed by atoms with Crippen molar-refractivity contribution in [3.05, 3.63) is 72.9 Å². The highest BCUT2D eigenvalue weighted by Gasteiger charge is 2.27. The summed E-state index contributed by atoms with van der Waals surface area (Å²) in [6.45, 7) is 4.58. The van der Waals surface area contributed by atoms with Crippen LogP contribution in [0.25, 0.3) is 0 Å². The molecule has 0 aliphatic rings. The van der Waals surface area contributed by atoms with Gasteiger partial charge in [0.2, 0.25) is 5.91 Å². The van der Waals surface area contributed by atoms with Crippen LogP contribution < -0.4 is 5.32 Å². The standard InChI is InChI=1S/C44H79N2O6P/c1-6-8-10-12-14-15-16-17-18-19-20-21-22-23-24-25-26-27-28-29-30-31-32-34-36-38-44(48)45-42(43(47)37-35-33-13-11-9-7-2)41-52-53(49,50)51-40-39-46(3,4)5/h8,10,14-15,17-18,20-21,23-24,35,37,42-43,47H,6-7,9,11-13,16,19,22,25-34,36,38-41H2,1-5H3,(H-,45,48,49,50)/p+1/b10-8-,15-14-,18-17-,21-20-,24-23-,37-35+. The molecule has 0 aromatic heterocycles. The Labute approximate surface area is 325 Å². The van der Waals surface area contributed by atoms with Gasteiger partial charge in [0.15, 0.2) is 0 Å². The number of carbonyl (C=O) groups excluding carboxylic acids is 1. The van der Waals surface area contributed by atoms with Crippen LogP contribution in [-0.4, -0.2) is 73.4 Å². The first-order valence-electron chi connectivity index (χ1n) is 20.8. The summed E-state index contributed by atoms with van der Waals surface area (Å²) in [5, 5.41) is 13.6. The fourth-order valence-electron chi connectivity index (χ4n) is 5.36. The molecule has 306 valence electrons. The van der Waals surface area contributed by atoms with E-state index in [0.29, 0.717) is 17.4 Å². The second kappa shape index (κ2) is 35.6. The topological polar surface area (TPSA) is 105 Å². The Kier molecular flexibility index (Phi) is 34.2. The molecule has 0 rings (SSSR count). The maximum Gasteiger partial charge on any atom is 0.472 e. The van der Waals surface area contributed by atoms with Gasteiger partial charge in [0, 0.05) is 6.42 Å². The Bertz CT molecular complexity index is 1090. The lowest BCUT2D eigenvalue weighted by Gasteiger charge is -2.25. The maximum atomic E-state index is 12.8. The van der Waals surface area contributed by atoms with E-state index >= 15 is 0 Å². The summed E-state index contributed by atoms with van der Waals surface area (Å²) in [6.07, 6.45) is 47.1. The number of carbonyl (C=O) groups is 1. The van der Waals surface area contributed by atoms with Crippen LogP contribution in [0.5, 0.6) is 0 Å². The summed E-state index contributed by atoms with van der Waals surface area (Å²) in [4.78, 5) is 22.9. The summed E-state index contributed by atoms with van der Waals surface area (Å²) in [5.74, 6) is -0.194. The Morgan fingerprint density at radius 2 is 1.13 bits per heavy atom. The number of nitrogens with one attached hydrogen (secondary N) is 1. The summed E-state index contributed by atoms with van der Waals surface area (Å²) in [7, 11) is 1.55. The summed E-state index contributed by atoms with van der Waals surface area (Å²) >= 11 is 0. The lowest BCUT2D eigenvalue weighted by molar-refractivity contribution is -0.870. The zero-order valence-corrected chi connectivity index (χ0v) is 35.4. The van der Waals surface area contributed by atoms with Gasteiger partial charge in [-0.25, -0.2) is 4.57 Å². The molecule has 53 heavy (non-hydrogen) atoms. The number of nitrogens with zero attached hydrogens (tertiary/aromatic N) is 1. The summed E-state index contributed by atoms with van der Waals surface area (Å²) in [5.41, 5.74) is 0. The SMILES string of the molecule is CC/C=C\C/C=C\C/C=C\C/C=C\C/C=C\CCCCCCCCCCCC(=O)NC(COP(=O)(O)OCC[N+](C)(C)C)C(O)/C=C/CCCCCC. The normalized spacial score (nSPS) is 15.2. The Morgan fingerprint density at radius 1 is 0.660 bits per heavy atom. The maximum absolute atomic E-state index is 12.8. The molecule has 0 saturated carbocycles. The zero-order valence-electron chi connectivity index (χ0n) is 34.5. The average Bonchev–Trinajstić information content (AvgIpc) is 3.10. The van der Waals surface area contributed by atoms with Crippen molar-refractivity contribution in [1.29, 1.82) is 0 Å². The van der Waals surface area contributed by atoms with E-state index in [1.807, 2.05) is 27.2 Å². The monoisotopic (exact) mass is 764 g/mol. The first-order valence-corrected chi connectivity index (χ1v) is 22.3. The van der Waals surface area contributed by atoms with Crippen molar-refractivity contribution in [2.75, 3.05) is 40.9 Å². The van der Waals surface area contributed by atoms with Gasteiger partial charge in [-0.2, -0.15) is 0 Å². The van der Waals surface area contributed by atoms with Crippen molar-refractivity contribution < 1.29 is 32.9 Å². The lowest BCUT2D eigenvalue weighted by Crippen LogP contribution is -2.45. The molecule has 3 N–H and O–H groups in total. The predicted octanol–water partition coefficient (Wildman–Crippen LogP) is 11.2. The van der Waals surface area contributed by atoms with Gasteiger partial charge in [0.1, 0.15) is 13.2 Å². The second-order valence-corrected chi connectivity index (χ2v) is 16.4. The quantitative estimate of drug-likeness (QED) is 0.0254. The number of phosphoric ester groups is 1. The van der Waals surface area contributed by atoms with Crippen molar-refractivity contribution in [3.8, 4) is 0 Å². The van der Waals surface area contributed by atoms with Crippen molar-refractivity contribution in [2.24, 2.45) is 0 Å². The predicted molar refractivity (Wildman–Crippen MR) is 226 cm³/mol. The third kappa shape index (κ3) is 38.0. The number of quaternary nitrogens is 1. The van der Waals surface area contributed by atoms with Crippen LogP contribution in [0.4, 0.5) is 0 Å². The number of amides is 1. The lowest BCUT2D eigenvalue weighted by atomic mass is 10.1. The Morgan fingerprint density at radius 3 is 1.66 bits per heavy atom. The third-order valence-corrected chi connectivity index (χ3v) is 9.67. The number of allylic oxidation sites excluding steroid dienone is 11. The molecule has 0 saturated heterocycles. The number of phosphoric acid groups is 1. The number of unbranched alkanes of at least 4 members (excludes halogenated alkanes) is 13. The highest BCUT2D eigenvalue weighted by atomic mass is 31.2. The zero-order chi connectivity index (χ0) is 39.3. The van der Waals surface area contributed by atoms with E-state index in [1.54, 1.807) is 6.08 Å². The summed E-state index contributed by atoms with van der Waals surface area (Å²) < 4.78 is 23.4. The smallest absolute Gasteiger partial charge is 0.387 e. The van der Waals surface area contributed by atoms with Crippen LogP contribution in [-0.2, 0) is 18.4 Å². The minimum atomic E-state index is -4.33. The Balaban J connectivity index is 4.16. The van der Waals surface area contributed by atoms with Gasteiger partial charge in [-0.05, 0) is 64.2 Å². The van der Waals surface area contributed by atoms with E-state index in [-0.39, 0.29) is 19.1 Å². The molecule has 1 amide bonds. The number of hydrogen-bond donors (Lipinski definition) is 3. The van der Waals surface area contributed by atoms with Gasteiger partial charge >= 0.3 is 7.82 Å². The minimum Gasteiger partial charge on any atom is -0.387 e. The molecule has 0 radical (unpaired) electrons. The molecule has 9 heteroatoms. The minimum absolute atomic E-state index is 0.0559. The first-order chi connectivity index (χ1) is 25.5. The van der Waals surface area contributed by atoms with Crippen LogP contribution in [0.3, 0.4) is 0 Å². The highest BCUT2D eigenvalue weighted by molar-refractivity contribution is 7.47. The molecule has 0 heterocycles. The number of aliphatic hydroxyl groups is 1. The van der Waals surface area contributed by atoms with Crippen LogP contribution in [0.2, 0.25) is 0 Å². The second-order valence-electron chi connectivity index (χ2n) is 15.0. The number of hydrogen-bond acceptors (Lipinski definition) is 5. The van der Waals surface area contributed by atoms with E-state index in [1.165, 1.54) is 44.9 Å². The first kappa shape index (κ1) is 50.9. The van der Waals surface area contributed by atoms with Gasteiger partial charge in [-0.1, -0.05) is 151 Å². The van der Waals surface area contributed by atoms with Crippen molar-refractivity contribution in [3.63, 3.8) is 0 Å². The molecule has 0 aliphatic heterocycles. The average molecular weight is 764 g/mol. The molecular weight excluding hydrogens is 683 g/mol. The fraction of sp³-hybridized carbons (Fsp3) is 0.705. The van der Waals surface area contributed by atoms with E-state index < -0.39 is 20.0 Å². The molecular formula is C44H80N2O6P+. The van der Waals surface area contributed by atoms with Crippen molar-refractivity contribution >= 4 is 13.7 Å². The van der Waals surface area contributed by atoms with Crippen LogP contribution in [0.1, 0.15) is 149 Å². The Hall–Kier alpha value is -2.06. The molecule has 8 nitrogen and oxygen atoms in total. The van der Waals surface area contributed by atoms with E-state index in [4.69, 9.17) is 9.05 Å². The van der Waals surface area contributed by atoms with Crippen molar-refractivity contribution in [2.45, 2.75) is 161 Å². The van der Waals surface area contributed by atoms with Crippen LogP contribution >= 0.6 is 7.82 Å². The van der Waals surface area contributed by atoms with E-state index in [9.17, 15) is 19.4 Å². The van der Waals surface area contributed by atoms with E-state index in [0.717, 1.165) is 83.5 Å². The molecule has 0 spiro atoms. The molecule has 0 aliphatic carbocycles. The fourth-order valence-corrected chi connectivity index (χ4v) is 6.09. The summed E-state index contributed by atoms with van der Waals surface area (Å²) in [6, 6.07) is -0.849. The van der Waals surface area contributed by atoms with Gasteiger partial charge < -0.3 is 19.8 Å². The molecule has 0 aromatic rings. The molecule has 0 aromatic carbocycles. The number of aliphatic hydroxyl groups excluding tert-OH is 1. The molecule has 3 atom stereocenters. The van der Waals surface area contributed by atoms with Gasteiger partial charge in [0.05, 0.1) is 39.9 Å². The van der Waals surface area contributed by atoms with E-state index in [2.05, 4.69) is 79.9 Å². The molecule has 0 bridgehead atoms. The number of likely N-dealkylation sites (N-methyl/N-ethyl adjacent to an activating group) is 1. The van der Waals surface area contributed by atoms with Crippen molar-refractivity contribution in [1.82, 2.24) is 5.32 Å². The van der Waals surface area contributed by atoms with Crippen LogP contribution in [0, 0.1) is 0 Å².